The van der Waals surface area contributed by atoms with Crippen LogP contribution in [-0.2, 0) is 5.75 Å². The van der Waals surface area contributed by atoms with E-state index in [2.05, 4.69) is 49.9 Å². The molecule has 1 aromatic heterocycles. The third-order valence-corrected chi connectivity index (χ3v) is 4.42. The molecule has 0 aliphatic carbocycles. The summed E-state index contributed by atoms with van der Waals surface area (Å²) in [6.45, 7) is 11.9. The smallest absolute Gasteiger partial charge is 0.138 e. The van der Waals surface area contributed by atoms with Gasteiger partial charge in [-0.15, -0.1) is 0 Å². The second-order valence-corrected chi connectivity index (χ2v) is 6.62. The van der Waals surface area contributed by atoms with Crippen LogP contribution in [0.5, 0.6) is 0 Å². The number of nitrogens with one attached hydrogen (secondary N) is 1. The van der Waals surface area contributed by atoms with E-state index in [0.29, 0.717) is 5.92 Å². The Bertz CT molecular complexity index is 381. The Labute approximate surface area is 122 Å². The van der Waals surface area contributed by atoms with E-state index in [1.165, 1.54) is 11.3 Å². The molecule has 0 aliphatic rings. The van der Waals surface area contributed by atoms with E-state index in [4.69, 9.17) is 0 Å². The lowest BCUT2D eigenvalue weighted by atomic mass is 9.98. The minimum Gasteiger partial charge on any atom is -0.319 e. The molecule has 1 atom stereocenters. The lowest BCUT2D eigenvalue weighted by molar-refractivity contribution is 0.660. The number of likely N-dealkylation sites (N-methyl/N-ethyl adjacent to an activating group) is 1. The molecule has 0 aliphatic heterocycles. The van der Waals surface area contributed by atoms with Gasteiger partial charge in [-0.2, -0.15) is 11.8 Å². The fourth-order valence-electron chi connectivity index (χ4n) is 2.37. The summed E-state index contributed by atoms with van der Waals surface area (Å²) < 4.78 is 0. The largest absolute Gasteiger partial charge is 0.319 e. The van der Waals surface area contributed by atoms with E-state index >= 15 is 0 Å². The third-order valence-electron chi connectivity index (χ3n) is 3.06. The van der Waals surface area contributed by atoms with Crippen molar-refractivity contribution in [3.05, 3.63) is 22.8 Å². The molecule has 1 heterocycles. The van der Waals surface area contributed by atoms with Crippen LogP contribution < -0.4 is 5.32 Å². The van der Waals surface area contributed by atoms with E-state index in [9.17, 15) is 0 Å². The van der Waals surface area contributed by atoms with Crippen molar-refractivity contribution in [1.82, 2.24) is 15.3 Å². The molecular formula is C15H27N3S. The molecule has 4 heteroatoms. The van der Waals surface area contributed by atoms with Crippen LogP contribution >= 0.6 is 11.8 Å². The summed E-state index contributed by atoms with van der Waals surface area (Å²) in [6, 6.07) is 0. The molecule has 0 fully saturated rings. The van der Waals surface area contributed by atoms with E-state index in [0.717, 1.165) is 35.4 Å². The van der Waals surface area contributed by atoms with Gasteiger partial charge in [0, 0.05) is 17.9 Å². The molecular weight excluding hydrogens is 254 g/mol. The average Bonchev–Trinajstić information content (AvgIpc) is 2.27. The maximum Gasteiger partial charge on any atom is 0.138 e. The number of rotatable bonds is 7. The van der Waals surface area contributed by atoms with Crippen LogP contribution in [0.15, 0.2) is 0 Å². The Balaban J connectivity index is 2.78. The molecule has 0 aromatic carbocycles. The van der Waals surface area contributed by atoms with Gasteiger partial charge in [0.15, 0.2) is 0 Å². The van der Waals surface area contributed by atoms with Crippen molar-refractivity contribution in [2.24, 2.45) is 5.92 Å². The van der Waals surface area contributed by atoms with E-state index in [-0.39, 0.29) is 0 Å². The minimum atomic E-state index is 0.461. The SMILES string of the molecule is CNCC(C)c1c(C)nc(CSCC(C)C)nc1C. The highest BCUT2D eigenvalue weighted by Crippen LogP contribution is 2.22. The second-order valence-electron chi connectivity index (χ2n) is 5.59. The zero-order valence-corrected chi connectivity index (χ0v) is 13.9. The highest BCUT2D eigenvalue weighted by molar-refractivity contribution is 7.98. The van der Waals surface area contributed by atoms with Crippen LogP contribution in [0.4, 0.5) is 0 Å². The summed E-state index contributed by atoms with van der Waals surface area (Å²) in [5.74, 6) is 4.24. The van der Waals surface area contributed by atoms with Gasteiger partial charge >= 0.3 is 0 Å². The predicted octanol–water partition coefficient (Wildman–Crippen LogP) is 3.31. The molecule has 1 unspecified atom stereocenters. The molecule has 108 valence electrons. The number of thioether (sulfide) groups is 1. The standard InChI is InChI=1S/C15H27N3S/c1-10(2)8-19-9-14-17-12(4)15(13(5)18-14)11(3)7-16-6/h10-11,16H,7-9H2,1-6H3. The van der Waals surface area contributed by atoms with Gasteiger partial charge in [0.1, 0.15) is 5.82 Å². The Morgan fingerprint density at radius 3 is 2.16 bits per heavy atom. The molecule has 1 aromatic rings. The molecule has 0 saturated carbocycles. The zero-order valence-electron chi connectivity index (χ0n) is 13.1. The van der Waals surface area contributed by atoms with Crippen LogP contribution in [-0.4, -0.2) is 29.3 Å². The average molecular weight is 281 g/mol. The Morgan fingerprint density at radius 2 is 1.68 bits per heavy atom. The van der Waals surface area contributed by atoms with Gasteiger partial charge in [-0.25, -0.2) is 9.97 Å². The lowest BCUT2D eigenvalue weighted by Gasteiger charge is -2.17. The van der Waals surface area contributed by atoms with Gasteiger partial charge < -0.3 is 5.32 Å². The fraction of sp³-hybridized carbons (Fsp3) is 0.733. The zero-order chi connectivity index (χ0) is 14.4. The molecule has 0 bridgehead atoms. The highest BCUT2D eigenvalue weighted by Gasteiger charge is 2.14. The van der Waals surface area contributed by atoms with E-state index < -0.39 is 0 Å². The Kier molecular flexibility index (Phi) is 6.80. The van der Waals surface area contributed by atoms with Crippen molar-refractivity contribution in [1.29, 1.82) is 0 Å². The predicted molar refractivity (Wildman–Crippen MR) is 84.8 cm³/mol. The van der Waals surface area contributed by atoms with E-state index in [1.54, 1.807) is 0 Å². The minimum absolute atomic E-state index is 0.461. The quantitative estimate of drug-likeness (QED) is 0.832. The van der Waals surface area contributed by atoms with Crippen molar-refractivity contribution >= 4 is 11.8 Å². The number of aryl methyl sites for hydroxylation is 2. The molecule has 0 saturated heterocycles. The molecule has 3 nitrogen and oxygen atoms in total. The first-order valence-electron chi connectivity index (χ1n) is 7.02. The first kappa shape index (κ1) is 16.4. The summed E-state index contributed by atoms with van der Waals surface area (Å²) >= 11 is 1.92. The van der Waals surface area contributed by atoms with E-state index in [1.807, 2.05) is 18.8 Å². The van der Waals surface area contributed by atoms with Crippen LogP contribution in [0, 0.1) is 19.8 Å². The van der Waals surface area contributed by atoms with Crippen molar-refractivity contribution in [2.75, 3.05) is 19.3 Å². The van der Waals surface area contributed by atoms with Gasteiger partial charge in [-0.05, 0) is 44.0 Å². The molecule has 0 radical (unpaired) electrons. The number of hydrogen-bond donors (Lipinski definition) is 1. The van der Waals surface area contributed by atoms with Gasteiger partial charge in [0.25, 0.3) is 0 Å². The van der Waals surface area contributed by atoms with Crippen LogP contribution in [0.2, 0.25) is 0 Å². The Morgan fingerprint density at radius 1 is 1.11 bits per heavy atom. The highest BCUT2D eigenvalue weighted by atomic mass is 32.2. The van der Waals surface area contributed by atoms with Crippen molar-refractivity contribution in [2.45, 2.75) is 46.3 Å². The Hall–Kier alpha value is -0.610. The van der Waals surface area contributed by atoms with Crippen LogP contribution in [0.1, 0.15) is 49.5 Å². The molecule has 19 heavy (non-hydrogen) atoms. The van der Waals surface area contributed by atoms with Gasteiger partial charge in [-0.1, -0.05) is 20.8 Å². The van der Waals surface area contributed by atoms with Crippen molar-refractivity contribution < 1.29 is 0 Å². The van der Waals surface area contributed by atoms with Gasteiger partial charge in [0.05, 0.1) is 5.75 Å². The number of hydrogen-bond acceptors (Lipinski definition) is 4. The molecule has 0 amide bonds. The summed E-state index contributed by atoms with van der Waals surface area (Å²) in [5, 5.41) is 3.22. The summed E-state index contributed by atoms with van der Waals surface area (Å²) in [7, 11) is 1.99. The van der Waals surface area contributed by atoms with Gasteiger partial charge in [0.2, 0.25) is 0 Å². The van der Waals surface area contributed by atoms with Gasteiger partial charge in [-0.3, -0.25) is 0 Å². The number of aromatic nitrogens is 2. The summed E-state index contributed by atoms with van der Waals surface area (Å²) in [5.41, 5.74) is 3.57. The topological polar surface area (TPSA) is 37.8 Å². The first-order valence-corrected chi connectivity index (χ1v) is 8.17. The third kappa shape index (κ3) is 5.11. The lowest BCUT2D eigenvalue weighted by Crippen LogP contribution is -2.18. The number of nitrogens with zero attached hydrogens (tertiary/aromatic N) is 2. The summed E-state index contributed by atoms with van der Waals surface area (Å²) in [4.78, 5) is 9.35. The monoisotopic (exact) mass is 281 g/mol. The maximum absolute atomic E-state index is 4.67. The van der Waals surface area contributed by atoms with Crippen molar-refractivity contribution in [3.63, 3.8) is 0 Å². The normalized spacial score (nSPS) is 13.0. The fourth-order valence-corrected chi connectivity index (χ4v) is 3.27. The van der Waals surface area contributed by atoms with Crippen LogP contribution in [0.3, 0.4) is 0 Å². The molecule has 1 rings (SSSR count). The molecule has 0 spiro atoms. The first-order chi connectivity index (χ1) is 8.95. The summed E-state index contributed by atoms with van der Waals surface area (Å²) in [6.07, 6.45) is 0. The van der Waals surface area contributed by atoms with Crippen LogP contribution in [0.25, 0.3) is 0 Å². The molecule has 1 N–H and O–H groups in total. The maximum atomic E-state index is 4.67. The van der Waals surface area contributed by atoms with Crippen molar-refractivity contribution in [3.8, 4) is 0 Å². The second kappa shape index (κ2) is 7.85.